The van der Waals surface area contributed by atoms with Crippen molar-refractivity contribution in [1.82, 2.24) is 10.2 Å². The zero-order chi connectivity index (χ0) is 13.8. The molecule has 1 aromatic carbocycles. The Morgan fingerprint density at radius 2 is 1.85 bits per heavy atom. The van der Waals surface area contributed by atoms with Crippen molar-refractivity contribution in [3.63, 3.8) is 0 Å². The van der Waals surface area contributed by atoms with Crippen LogP contribution in [0, 0.1) is 5.92 Å². The Bertz CT molecular complexity index is 442. The molecule has 0 atom stereocenters. The molecule has 2 amide bonds. The molecule has 2 aliphatic heterocycles. The predicted octanol–water partition coefficient (Wildman–Crippen LogP) is 2.32. The Kier molecular flexibility index (Phi) is 4.21. The lowest BCUT2D eigenvalue weighted by atomic mass is 9.94. The van der Waals surface area contributed by atoms with Gasteiger partial charge in [-0.15, -0.1) is 0 Å². The minimum atomic E-state index is 0.171. The van der Waals surface area contributed by atoms with Gasteiger partial charge in [0.1, 0.15) is 0 Å². The largest absolute Gasteiger partial charge is 0.324 e. The van der Waals surface area contributed by atoms with Crippen LogP contribution in [0.25, 0.3) is 0 Å². The molecule has 1 aromatic rings. The highest BCUT2D eigenvalue weighted by molar-refractivity contribution is 5.94. The quantitative estimate of drug-likeness (QED) is 0.914. The van der Waals surface area contributed by atoms with E-state index < -0.39 is 0 Å². The molecule has 0 spiro atoms. The summed E-state index contributed by atoms with van der Waals surface area (Å²) in [5, 5.41) is 3.39. The zero-order valence-electron chi connectivity index (χ0n) is 11.9. The van der Waals surface area contributed by atoms with E-state index in [9.17, 15) is 4.79 Å². The van der Waals surface area contributed by atoms with E-state index in [1.165, 1.54) is 12.8 Å². The third-order valence-electron chi connectivity index (χ3n) is 4.43. The van der Waals surface area contributed by atoms with Crippen molar-refractivity contribution in [3.8, 4) is 0 Å². The van der Waals surface area contributed by atoms with Crippen molar-refractivity contribution in [2.75, 3.05) is 37.6 Å². The highest BCUT2D eigenvalue weighted by atomic mass is 16.2. The van der Waals surface area contributed by atoms with Crippen LogP contribution in [0.2, 0.25) is 0 Å². The third kappa shape index (κ3) is 2.96. The minimum absolute atomic E-state index is 0.171. The third-order valence-corrected chi connectivity index (χ3v) is 4.43. The van der Waals surface area contributed by atoms with Gasteiger partial charge in [0.2, 0.25) is 0 Å². The molecule has 4 heteroatoms. The van der Waals surface area contributed by atoms with Crippen molar-refractivity contribution in [2.45, 2.75) is 19.3 Å². The average Bonchev–Trinajstić information content (AvgIpc) is 2.88. The smallest absolute Gasteiger partial charge is 0.323 e. The molecule has 0 aliphatic carbocycles. The SMILES string of the molecule is O=C1N(CCC2CCNCC2)CCN1c1ccccc1. The number of benzene rings is 1. The summed E-state index contributed by atoms with van der Waals surface area (Å²) in [5.74, 6) is 0.787. The summed E-state index contributed by atoms with van der Waals surface area (Å²) >= 11 is 0. The molecular formula is C16H23N3O. The molecule has 2 aliphatic rings. The van der Waals surface area contributed by atoms with Crippen molar-refractivity contribution in [1.29, 1.82) is 0 Å². The maximum atomic E-state index is 12.4. The number of urea groups is 1. The first kappa shape index (κ1) is 13.4. The number of nitrogens with zero attached hydrogens (tertiary/aromatic N) is 2. The van der Waals surface area contributed by atoms with Crippen LogP contribution >= 0.6 is 0 Å². The standard InChI is InChI=1S/C16H23N3O/c20-16-18(11-8-14-6-9-17-10-7-14)12-13-19(16)15-4-2-1-3-5-15/h1-5,14,17H,6-13H2. The van der Waals surface area contributed by atoms with Crippen molar-refractivity contribution in [2.24, 2.45) is 5.92 Å². The molecule has 1 N–H and O–H groups in total. The average molecular weight is 273 g/mol. The van der Waals surface area contributed by atoms with Crippen LogP contribution in [0.1, 0.15) is 19.3 Å². The Balaban J connectivity index is 1.53. The number of rotatable bonds is 4. The van der Waals surface area contributed by atoms with Gasteiger partial charge in [-0.05, 0) is 50.4 Å². The van der Waals surface area contributed by atoms with E-state index >= 15 is 0 Å². The predicted molar refractivity (Wildman–Crippen MR) is 81.0 cm³/mol. The fourth-order valence-electron chi connectivity index (χ4n) is 3.15. The molecular weight excluding hydrogens is 250 g/mol. The first-order valence-electron chi connectivity index (χ1n) is 7.67. The number of nitrogens with one attached hydrogen (secondary N) is 1. The molecule has 0 unspecified atom stereocenters. The van der Waals surface area contributed by atoms with Crippen LogP contribution in [-0.4, -0.2) is 43.7 Å². The molecule has 3 rings (SSSR count). The van der Waals surface area contributed by atoms with Crippen LogP contribution in [-0.2, 0) is 0 Å². The molecule has 4 nitrogen and oxygen atoms in total. The summed E-state index contributed by atoms with van der Waals surface area (Å²) in [7, 11) is 0. The highest BCUT2D eigenvalue weighted by Crippen LogP contribution is 2.22. The summed E-state index contributed by atoms with van der Waals surface area (Å²) in [4.78, 5) is 16.3. The lowest BCUT2D eigenvalue weighted by Crippen LogP contribution is -2.34. The molecule has 0 bridgehead atoms. The number of amides is 2. The van der Waals surface area contributed by atoms with Gasteiger partial charge >= 0.3 is 6.03 Å². The van der Waals surface area contributed by atoms with Crippen LogP contribution in [0.3, 0.4) is 0 Å². The molecule has 108 valence electrons. The van der Waals surface area contributed by atoms with Gasteiger partial charge in [0.05, 0.1) is 0 Å². The van der Waals surface area contributed by atoms with Gasteiger partial charge in [0.15, 0.2) is 0 Å². The summed E-state index contributed by atoms with van der Waals surface area (Å²) in [5.41, 5.74) is 1.02. The second-order valence-corrected chi connectivity index (χ2v) is 5.74. The number of piperidine rings is 1. The van der Waals surface area contributed by atoms with Crippen molar-refractivity contribution >= 4 is 11.7 Å². The van der Waals surface area contributed by atoms with Gasteiger partial charge < -0.3 is 10.2 Å². The monoisotopic (exact) mass is 273 g/mol. The highest BCUT2D eigenvalue weighted by Gasteiger charge is 2.29. The number of carbonyl (C=O) groups excluding carboxylic acids is 1. The van der Waals surface area contributed by atoms with E-state index in [1.54, 1.807) is 0 Å². The molecule has 2 heterocycles. The molecule has 0 aromatic heterocycles. The number of para-hydroxylation sites is 1. The van der Waals surface area contributed by atoms with Crippen LogP contribution < -0.4 is 10.2 Å². The normalized spacial score (nSPS) is 20.7. The molecule has 2 saturated heterocycles. The van der Waals surface area contributed by atoms with Crippen molar-refractivity contribution < 1.29 is 4.79 Å². The van der Waals surface area contributed by atoms with Crippen LogP contribution in [0.4, 0.5) is 10.5 Å². The molecule has 0 radical (unpaired) electrons. The second kappa shape index (κ2) is 6.27. The van der Waals surface area contributed by atoms with Gasteiger partial charge in [-0.3, -0.25) is 4.90 Å². The maximum absolute atomic E-state index is 12.4. The Morgan fingerprint density at radius 3 is 2.60 bits per heavy atom. The summed E-state index contributed by atoms with van der Waals surface area (Å²) < 4.78 is 0. The van der Waals surface area contributed by atoms with E-state index in [2.05, 4.69) is 5.32 Å². The first-order valence-corrected chi connectivity index (χ1v) is 7.67. The summed E-state index contributed by atoms with van der Waals surface area (Å²) in [6, 6.07) is 10.1. The fourth-order valence-corrected chi connectivity index (χ4v) is 3.15. The number of carbonyl (C=O) groups is 1. The van der Waals surface area contributed by atoms with E-state index in [4.69, 9.17) is 0 Å². The summed E-state index contributed by atoms with van der Waals surface area (Å²) in [6.45, 7) is 4.85. The van der Waals surface area contributed by atoms with Crippen LogP contribution in [0.5, 0.6) is 0 Å². The topological polar surface area (TPSA) is 35.6 Å². The Hall–Kier alpha value is -1.55. The van der Waals surface area contributed by atoms with Gasteiger partial charge in [-0.1, -0.05) is 18.2 Å². The number of anilines is 1. The first-order chi connectivity index (χ1) is 9.84. The zero-order valence-corrected chi connectivity index (χ0v) is 11.9. The van der Waals surface area contributed by atoms with E-state index in [1.807, 2.05) is 40.1 Å². The number of hydrogen-bond donors (Lipinski definition) is 1. The van der Waals surface area contributed by atoms with Crippen molar-refractivity contribution in [3.05, 3.63) is 30.3 Å². The molecule has 20 heavy (non-hydrogen) atoms. The Morgan fingerprint density at radius 1 is 1.10 bits per heavy atom. The Labute approximate surface area is 120 Å². The lowest BCUT2D eigenvalue weighted by Gasteiger charge is -2.25. The van der Waals surface area contributed by atoms with Crippen LogP contribution in [0.15, 0.2) is 30.3 Å². The molecule has 0 saturated carbocycles. The fraction of sp³-hybridized carbons (Fsp3) is 0.562. The maximum Gasteiger partial charge on any atom is 0.324 e. The number of hydrogen-bond acceptors (Lipinski definition) is 2. The van der Waals surface area contributed by atoms with E-state index in [0.717, 1.165) is 50.7 Å². The lowest BCUT2D eigenvalue weighted by molar-refractivity contribution is 0.214. The van der Waals surface area contributed by atoms with Gasteiger partial charge in [0.25, 0.3) is 0 Å². The van der Waals surface area contributed by atoms with Gasteiger partial charge in [0, 0.05) is 25.3 Å². The van der Waals surface area contributed by atoms with E-state index in [-0.39, 0.29) is 6.03 Å². The van der Waals surface area contributed by atoms with E-state index in [0.29, 0.717) is 0 Å². The summed E-state index contributed by atoms with van der Waals surface area (Å²) in [6.07, 6.45) is 3.66. The second-order valence-electron chi connectivity index (χ2n) is 5.74. The minimum Gasteiger partial charge on any atom is -0.323 e. The van der Waals surface area contributed by atoms with Gasteiger partial charge in [-0.25, -0.2) is 4.79 Å². The van der Waals surface area contributed by atoms with Gasteiger partial charge in [-0.2, -0.15) is 0 Å². The molecule has 2 fully saturated rings.